The molecule has 1 aliphatic rings. The van der Waals surface area contributed by atoms with Gasteiger partial charge in [-0.05, 0) is 23.4 Å². The van der Waals surface area contributed by atoms with Gasteiger partial charge in [0.2, 0.25) is 10.0 Å². The Labute approximate surface area is 97.4 Å². The van der Waals surface area contributed by atoms with Crippen LogP contribution in [0.5, 0.6) is 0 Å². The summed E-state index contributed by atoms with van der Waals surface area (Å²) in [6.07, 6.45) is 0.620. The maximum atomic E-state index is 11.6. The molecule has 0 aromatic carbocycles. The summed E-state index contributed by atoms with van der Waals surface area (Å²) in [5, 5.41) is 10.6. The van der Waals surface area contributed by atoms with Crippen molar-refractivity contribution >= 4 is 27.3 Å². The molecule has 0 amide bonds. The molecule has 0 saturated carbocycles. The average Bonchev–Trinajstić information content (AvgIpc) is 2.74. The number of hydrogen-bond acceptors (Lipinski definition) is 4. The Hall–Kier alpha value is -0.920. The summed E-state index contributed by atoms with van der Waals surface area (Å²) in [5.74, 6) is -0.832. The number of sulfonamides is 1. The lowest BCUT2D eigenvalue weighted by Gasteiger charge is -2.13. The van der Waals surface area contributed by atoms with Crippen LogP contribution in [0.25, 0.3) is 0 Å². The molecule has 2 rings (SSSR count). The first-order chi connectivity index (χ1) is 7.50. The highest BCUT2D eigenvalue weighted by molar-refractivity contribution is 7.89. The molecule has 1 N–H and O–H groups in total. The van der Waals surface area contributed by atoms with Gasteiger partial charge in [-0.3, -0.25) is 0 Å². The number of carboxylic acids is 1. The van der Waals surface area contributed by atoms with Crippen LogP contribution in [0.3, 0.4) is 0 Å². The van der Waals surface area contributed by atoms with Gasteiger partial charge in [-0.15, -0.1) is 11.3 Å². The van der Waals surface area contributed by atoms with E-state index >= 15 is 0 Å². The van der Waals surface area contributed by atoms with Crippen LogP contribution in [0, 0.1) is 0 Å². The standard InChI is InChI=1S/C9H11NO4S2/c11-9(12)8-7(2-4-15-8)6-10-3-1-5-16(10,13)14/h2,4H,1,3,5-6H2,(H,11,12). The second-order valence-electron chi connectivity index (χ2n) is 3.58. The van der Waals surface area contributed by atoms with Crippen molar-refractivity contribution in [1.29, 1.82) is 0 Å². The summed E-state index contributed by atoms with van der Waals surface area (Å²) in [4.78, 5) is 11.1. The molecule has 1 aromatic heterocycles. The van der Waals surface area contributed by atoms with Crippen LogP contribution in [0.4, 0.5) is 0 Å². The number of nitrogens with zero attached hydrogens (tertiary/aromatic N) is 1. The highest BCUT2D eigenvalue weighted by Crippen LogP contribution is 2.22. The average molecular weight is 261 g/mol. The van der Waals surface area contributed by atoms with Crippen LogP contribution in [-0.4, -0.2) is 36.1 Å². The molecular formula is C9H11NO4S2. The zero-order chi connectivity index (χ0) is 11.8. The van der Waals surface area contributed by atoms with Gasteiger partial charge in [0.25, 0.3) is 0 Å². The van der Waals surface area contributed by atoms with E-state index in [0.717, 1.165) is 11.3 Å². The van der Waals surface area contributed by atoms with Crippen LogP contribution < -0.4 is 0 Å². The maximum Gasteiger partial charge on any atom is 0.346 e. The lowest BCUT2D eigenvalue weighted by atomic mass is 10.2. The highest BCUT2D eigenvalue weighted by atomic mass is 32.2. The zero-order valence-corrected chi connectivity index (χ0v) is 10.1. The first-order valence-corrected chi connectivity index (χ1v) is 7.27. The molecule has 1 fully saturated rings. The Kier molecular flexibility index (Phi) is 3.00. The minimum atomic E-state index is -3.16. The van der Waals surface area contributed by atoms with E-state index in [0.29, 0.717) is 18.5 Å². The fourth-order valence-electron chi connectivity index (χ4n) is 1.71. The van der Waals surface area contributed by atoms with Crippen molar-refractivity contribution in [2.45, 2.75) is 13.0 Å². The van der Waals surface area contributed by atoms with Gasteiger partial charge in [0.05, 0.1) is 5.75 Å². The molecule has 0 aliphatic carbocycles. The summed E-state index contributed by atoms with van der Waals surface area (Å²) in [7, 11) is -3.16. The number of thiophene rings is 1. The number of carboxylic acid groups (broad SMARTS) is 1. The number of hydrogen-bond donors (Lipinski definition) is 1. The molecule has 88 valence electrons. The highest BCUT2D eigenvalue weighted by Gasteiger charge is 2.29. The van der Waals surface area contributed by atoms with E-state index in [-0.39, 0.29) is 17.2 Å². The Balaban J connectivity index is 2.21. The molecule has 16 heavy (non-hydrogen) atoms. The van der Waals surface area contributed by atoms with Crippen molar-refractivity contribution in [3.63, 3.8) is 0 Å². The molecule has 0 bridgehead atoms. The molecular weight excluding hydrogens is 250 g/mol. The van der Waals surface area contributed by atoms with Gasteiger partial charge in [-0.2, -0.15) is 4.31 Å². The Morgan fingerprint density at radius 2 is 2.31 bits per heavy atom. The van der Waals surface area contributed by atoms with Crippen LogP contribution in [0.15, 0.2) is 11.4 Å². The summed E-state index contributed by atoms with van der Waals surface area (Å²) < 4.78 is 24.5. The lowest BCUT2D eigenvalue weighted by molar-refractivity contribution is 0.0700. The molecule has 0 spiro atoms. The Morgan fingerprint density at radius 1 is 1.56 bits per heavy atom. The van der Waals surface area contributed by atoms with E-state index in [9.17, 15) is 13.2 Å². The van der Waals surface area contributed by atoms with E-state index in [2.05, 4.69) is 0 Å². The molecule has 1 saturated heterocycles. The largest absolute Gasteiger partial charge is 0.477 e. The summed E-state index contributed by atoms with van der Waals surface area (Å²) >= 11 is 1.12. The van der Waals surface area contributed by atoms with Crippen LogP contribution in [0.2, 0.25) is 0 Å². The molecule has 1 aliphatic heterocycles. The molecule has 2 heterocycles. The first kappa shape index (κ1) is 11.6. The van der Waals surface area contributed by atoms with Crippen LogP contribution in [-0.2, 0) is 16.6 Å². The fourth-order valence-corrected chi connectivity index (χ4v) is 3.96. The monoisotopic (exact) mass is 261 g/mol. The van der Waals surface area contributed by atoms with E-state index in [1.165, 1.54) is 4.31 Å². The quantitative estimate of drug-likeness (QED) is 0.880. The second-order valence-corrected chi connectivity index (χ2v) is 6.59. The van der Waals surface area contributed by atoms with Gasteiger partial charge in [-0.1, -0.05) is 0 Å². The van der Waals surface area contributed by atoms with Crippen molar-refractivity contribution in [1.82, 2.24) is 4.31 Å². The van der Waals surface area contributed by atoms with Crippen LogP contribution >= 0.6 is 11.3 Å². The maximum absolute atomic E-state index is 11.6. The number of carbonyl (C=O) groups is 1. The Bertz CT molecular complexity index is 505. The SMILES string of the molecule is O=C(O)c1sccc1CN1CCCS1(=O)=O. The first-order valence-electron chi connectivity index (χ1n) is 4.78. The molecule has 7 heteroatoms. The van der Waals surface area contributed by atoms with Crippen molar-refractivity contribution in [2.24, 2.45) is 0 Å². The lowest BCUT2D eigenvalue weighted by Crippen LogP contribution is -2.25. The minimum Gasteiger partial charge on any atom is -0.477 e. The number of rotatable bonds is 3. The third-order valence-electron chi connectivity index (χ3n) is 2.49. The van der Waals surface area contributed by atoms with Gasteiger partial charge in [-0.25, -0.2) is 13.2 Å². The topological polar surface area (TPSA) is 74.7 Å². The van der Waals surface area contributed by atoms with E-state index < -0.39 is 16.0 Å². The zero-order valence-electron chi connectivity index (χ0n) is 8.42. The molecule has 0 radical (unpaired) electrons. The van der Waals surface area contributed by atoms with E-state index in [1.54, 1.807) is 11.4 Å². The predicted molar refractivity (Wildman–Crippen MR) is 60.1 cm³/mol. The minimum absolute atomic E-state index is 0.166. The number of aromatic carboxylic acids is 1. The van der Waals surface area contributed by atoms with Crippen molar-refractivity contribution in [2.75, 3.05) is 12.3 Å². The van der Waals surface area contributed by atoms with Gasteiger partial charge in [0, 0.05) is 13.1 Å². The van der Waals surface area contributed by atoms with Gasteiger partial charge in [0.1, 0.15) is 4.88 Å². The molecule has 0 atom stereocenters. The van der Waals surface area contributed by atoms with Crippen LogP contribution in [0.1, 0.15) is 21.7 Å². The third-order valence-corrected chi connectivity index (χ3v) is 5.34. The molecule has 1 aromatic rings. The summed E-state index contributed by atoms with van der Waals surface area (Å²) in [6.45, 7) is 0.657. The molecule has 0 unspecified atom stereocenters. The Morgan fingerprint density at radius 3 is 2.88 bits per heavy atom. The summed E-state index contributed by atoms with van der Waals surface area (Å²) in [5.41, 5.74) is 0.572. The van der Waals surface area contributed by atoms with E-state index in [4.69, 9.17) is 5.11 Å². The fraction of sp³-hybridized carbons (Fsp3) is 0.444. The normalized spacial score (nSPS) is 20.0. The predicted octanol–water partition coefficient (Wildman–Crippen LogP) is 0.982. The third kappa shape index (κ3) is 2.11. The van der Waals surface area contributed by atoms with Crippen molar-refractivity contribution in [3.8, 4) is 0 Å². The molecule has 5 nitrogen and oxygen atoms in total. The van der Waals surface area contributed by atoms with Crippen molar-refractivity contribution in [3.05, 3.63) is 21.9 Å². The van der Waals surface area contributed by atoms with Crippen molar-refractivity contribution < 1.29 is 18.3 Å². The smallest absolute Gasteiger partial charge is 0.346 e. The van der Waals surface area contributed by atoms with E-state index in [1.807, 2.05) is 0 Å². The van der Waals surface area contributed by atoms with Gasteiger partial charge >= 0.3 is 5.97 Å². The van der Waals surface area contributed by atoms with Gasteiger partial charge < -0.3 is 5.11 Å². The van der Waals surface area contributed by atoms with Gasteiger partial charge in [0.15, 0.2) is 0 Å². The summed E-state index contributed by atoms with van der Waals surface area (Å²) in [6, 6.07) is 1.67. The second kappa shape index (κ2) is 4.15.